The molecule has 0 radical (unpaired) electrons. The summed E-state index contributed by atoms with van der Waals surface area (Å²) in [5, 5.41) is 21.3. The molecule has 1 aromatic rings. The minimum absolute atomic E-state index is 0.0411. The predicted octanol–water partition coefficient (Wildman–Crippen LogP) is 5.63. The Kier molecular flexibility index (Phi) is 11.5. The number of amides is 1. The van der Waals surface area contributed by atoms with E-state index in [0.29, 0.717) is 19.3 Å². The molecule has 5 nitrogen and oxygen atoms in total. The average molecular weight is 510 g/mol. The van der Waals surface area contributed by atoms with E-state index in [0.717, 1.165) is 68.5 Å². The number of rotatable bonds is 14. The molecule has 1 fully saturated rings. The number of aryl methyl sites for hydroxylation is 1. The van der Waals surface area contributed by atoms with Crippen molar-refractivity contribution in [3.05, 3.63) is 41.5 Å². The third-order valence-electron chi connectivity index (χ3n) is 7.96. The van der Waals surface area contributed by atoms with Gasteiger partial charge in [0.15, 0.2) is 0 Å². The molecule has 1 saturated carbocycles. The normalized spacial score (nSPS) is 23.6. The number of aliphatic hydroxyl groups excluding tert-OH is 2. The minimum atomic E-state index is -0.591. The summed E-state index contributed by atoms with van der Waals surface area (Å²) in [6.45, 7) is 9.85. The highest BCUT2D eigenvalue weighted by Crippen LogP contribution is 2.52. The van der Waals surface area contributed by atoms with Gasteiger partial charge in [-0.1, -0.05) is 64.0 Å². The van der Waals surface area contributed by atoms with Crippen molar-refractivity contribution in [1.29, 1.82) is 0 Å². The Hall–Kier alpha value is -2.29. The third kappa shape index (κ3) is 7.62. The molecule has 6 atom stereocenters. The maximum atomic E-state index is 12.9. The zero-order valence-corrected chi connectivity index (χ0v) is 23.3. The summed E-state index contributed by atoms with van der Waals surface area (Å²) < 4.78 is 6.41. The Morgan fingerprint density at radius 2 is 1.95 bits per heavy atom. The SMILES string of the molecule is CC#CC[C@H](C)[C@H](O)/C=C/[C@@H]1[C@H]2c3cccc(CCCC(=O)N(CCCC)CCCC)c3O[C@H]2C[C@H]1O. The molecule has 5 heteroatoms. The van der Waals surface area contributed by atoms with Crippen LogP contribution in [0.4, 0.5) is 0 Å². The lowest BCUT2D eigenvalue weighted by Gasteiger charge is -2.22. The largest absolute Gasteiger partial charge is 0.489 e. The van der Waals surface area contributed by atoms with E-state index in [-0.39, 0.29) is 29.8 Å². The van der Waals surface area contributed by atoms with E-state index in [1.54, 1.807) is 0 Å². The van der Waals surface area contributed by atoms with Gasteiger partial charge in [0.1, 0.15) is 11.9 Å². The fourth-order valence-corrected chi connectivity index (χ4v) is 5.63. The molecule has 0 bridgehead atoms. The molecule has 37 heavy (non-hydrogen) atoms. The molecule has 1 heterocycles. The van der Waals surface area contributed by atoms with Crippen molar-refractivity contribution in [2.24, 2.45) is 11.8 Å². The van der Waals surface area contributed by atoms with Crippen LogP contribution < -0.4 is 4.74 Å². The molecule has 1 aliphatic carbocycles. The van der Waals surface area contributed by atoms with Crippen LogP contribution in [0.5, 0.6) is 5.75 Å². The first kappa shape index (κ1) is 29.3. The summed E-state index contributed by atoms with van der Waals surface area (Å²) in [7, 11) is 0. The summed E-state index contributed by atoms with van der Waals surface area (Å²) >= 11 is 0. The molecule has 2 aliphatic rings. The Bertz CT molecular complexity index is 953. The summed E-state index contributed by atoms with van der Waals surface area (Å²) in [4.78, 5) is 14.9. The van der Waals surface area contributed by atoms with E-state index in [4.69, 9.17) is 4.74 Å². The molecular weight excluding hydrogens is 462 g/mol. The molecular formula is C32H47NO4. The first-order valence-corrected chi connectivity index (χ1v) is 14.4. The van der Waals surface area contributed by atoms with Gasteiger partial charge in [0, 0.05) is 49.8 Å². The van der Waals surface area contributed by atoms with Crippen LogP contribution in [0.3, 0.4) is 0 Å². The minimum Gasteiger partial charge on any atom is -0.489 e. The molecule has 0 aromatic heterocycles. The van der Waals surface area contributed by atoms with Gasteiger partial charge in [0.25, 0.3) is 0 Å². The van der Waals surface area contributed by atoms with Gasteiger partial charge >= 0.3 is 0 Å². The number of hydrogen-bond acceptors (Lipinski definition) is 4. The van der Waals surface area contributed by atoms with Crippen molar-refractivity contribution in [3.8, 4) is 17.6 Å². The molecule has 0 saturated heterocycles. The highest BCUT2D eigenvalue weighted by atomic mass is 16.5. The van der Waals surface area contributed by atoms with E-state index in [1.165, 1.54) is 0 Å². The third-order valence-corrected chi connectivity index (χ3v) is 7.96. The summed E-state index contributed by atoms with van der Waals surface area (Å²) in [6.07, 6.45) is 10.4. The fourth-order valence-electron chi connectivity index (χ4n) is 5.63. The number of carbonyl (C=O) groups excluding carboxylic acids is 1. The number of aliphatic hydroxyl groups is 2. The number of fused-ring (bicyclic) bond motifs is 3. The van der Waals surface area contributed by atoms with Crippen LogP contribution in [0.25, 0.3) is 0 Å². The number of unbranched alkanes of at least 4 members (excludes halogenated alkanes) is 2. The molecule has 0 spiro atoms. The van der Waals surface area contributed by atoms with Gasteiger partial charge in [0.05, 0.1) is 12.2 Å². The van der Waals surface area contributed by atoms with Crippen LogP contribution in [0.1, 0.15) is 96.1 Å². The number of benzene rings is 1. The van der Waals surface area contributed by atoms with Crippen molar-refractivity contribution < 1.29 is 19.7 Å². The molecule has 3 rings (SSSR count). The lowest BCUT2D eigenvalue weighted by atomic mass is 9.86. The summed E-state index contributed by atoms with van der Waals surface area (Å²) in [5.74, 6) is 7.15. The van der Waals surface area contributed by atoms with Crippen LogP contribution in [0.15, 0.2) is 30.4 Å². The van der Waals surface area contributed by atoms with Gasteiger partial charge in [-0.2, -0.15) is 0 Å². The van der Waals surface area contributed by atoms with Crippen LogP contribution in [0, 0.1) is 23.7 Å². The Labute approximate surface area is 224 Å². The van der Waals surface area contributed by atoms with Crippen LogP contribution in [-0.2, 0) is 11.2 Å². The van der Waals surface area contributed by atoms with Crippen molar-refractivity contribution in [3.63, 3.8) is 0 Å². The van der Waals surface area contributed by atoms with Gasteiger partial charge < -0.3 is 19.8 Å². The first-order chi connectivity index (χ1) is 17.9. The second-order valence-corrected chi connectivity index (χ2v) is 10.8. The number of para-hydroxylation sites is 1. The van der Waals surface area contributed by atoms with E-state index in [2.05, 4.69) is 43.9 Å². The second kappa shape index (κ2) is 14.6. The average Bonchev–Trinajstić information content (AvgIpc) is 3.40. The van der Waals surface area contributed by atoms with Crippen LogP contribution in [-0.4, -0.2) is 52.4 Å². The number of ether oxygens (including phenoxy) is 1. The lowest BCUT2D eigenvalue weighted by Crippen LogP contribution is -2.32. The fraction of sp³-hybridized carbons (Fsp3) is 0.656. The zero-order chi connectivity index (χ0) is 26.8. The number of nitrogens with zero attached hydrogens (tertiary/aromatic N) is 1. The van der Waals surface area contributed by atoms with Gasteiger partial charge in [0.2, 0.25) is 5.91 Å². The monoisotopic (exact) mass is 509 g/mol. The van der Waals surface area contributed by atoms with E-state index in [1.807, 2.05) is 30.9 Å². The lowest BCUT2D eigenvalue weighted by molar-refractivity contribution is -0.131. The smallest absolute Gasteiger partial charge is 0.222 e. The van der Waals surface area contributed by atoms with Gasteiger partial charge in [-0.25, -0.2) is 0 Å². The molecule has 204 valence electrons. The van der Waals surface area contributed by atoms with Crippen molar-refractivity contribution in [2.75, 3.05) is 13.1 Å². The maximum Gasteiger partial charge on any atom is 0.222 e. The van der Waals surface area contributed by atoms with Gasteiger partial charge in [-0.15, -0.1) is 11.8 Å². The van der Waals surface area contributed by atoms with E-state index < -0.39 is 12.2 Å². The molecule has 1 aromatic carbocycles. The highest BCUT2D eigenvalue weighted by Gasteiger charge is 2.48. The van der Waals surface area contributed by atoms with Crippen molar-refractivity contribution >= 4 is 5.91 Å². The molecule has 1 amide bonds. The Morgan fingerprint density at radius 1 is 1.22 bits per heavy atom. The topological polar surface area (TPSA) is 70.0 Å². The zero-order valence-electron chi connectivity index (χ0n) is 23.3. The Balaban J connectivity index is 1.64. The Morgan fingerprint density at radius 3 is 2.62 bits per heavy atom. The summed E-state index contributed by atoms with van der Waals surface area (Å²) in [5.41, 5.74) is 2.30. The standard InChI is InChI=1S/C32H47NO4/c1-5-8-13-23(4)27(34)19-18-25-28(35)22-29-31(25)26-16-11-14-24(32(26)37-29)15-12-17-30(36)33(20-9-6-2)21-10-7-3/h11,14,16,18-19,23,25,27-29,31,34-35H,6-7,9-10,12-13,15,17,20-22H2,1-4H3/b19-18+/t23-,25-,27+,28+,29-,31-/m0/s1. The molecule has 1 aliphatic heterocycles. The molecule has 0 unspecified atom stereocenters. The second-order valence-electron chi connectivity index (χ2n) is 10.8. The quantitative estimate of drug-likeness (QED) is 0.252. The maximum absolute atomic E-state index is 12.9. The number of hydrogen-bond donors (Lipinski definition) is 2. The van der Waals surface area contributed by atoms with E-state index >= 15 is 0 Å². The van der Waals surface area contributed by atoms with Crippen molar-refractivity contribution in [2.45, 2.75) is 110 Å². The van der Waals surface area contributed by atoms with Crippen LogP contribution >= 0.6 is 0 Å². The first-order valence-electron chi connectivity index (χ1n) is 14.4. The highest BCUT2D eigenvalue weighted by molar-refractivity contribution is 5.76. The van der Waals surface area contributed by atoms with Gasteiger partial charge in [-0.3, -0.25) is 4.79 Å². The van der Waals surface area contributed by atoms with Gasteiger partial charge in [-0.05, 0) is 44.1 Å². The molecule has 2 N–H and O–H groups in total. The van der Waals surface area contributed by atoms with E-state index in [9.17, 15) is 15.0 Å². The predicted molar refractivity (Wildman–Crippen MR) is 149 cm³/mol. The van der Waals surface area contributed by atoms with Crippen molar-refractivity contribution in [1.82, 2.24) is 4.90 Å². The summed E-state index contributed by atoms with van der Waals surface area (Å²) in [6, 6.07) is 6.29. The number of carbonyl (C=O) groups is 1. The van der Waals surface area contributed by atoms with Crippen LogP contribution in [0.2, 0.25) is 0 Å².